The van der Waals surface area contributed by atoms with E-state index in [1.165, 1.54) is 4.90 Å². The van der Waals surface area contributed by atoms with Gasteiger partial charge in [-0.1, -0.05) is 87.5 Å². The van der Waals surface area contributed by atoms with Crippen molar-refractivity contribution in [3.63, 3.8) is 0 Å². The number of carbonyl (C=O) groups is 6. The van der Waals surface area contributed by atoms with Crippen LogP contribution in [0.3, 0.4) is 0 Å². The molecule has 4 aliphatic rings. The smallest absolute Gasteiger partial charge is 0.246 e. The number of para-hydroxylation sites is 1. The number of ether oxygens (including phenoxy) is 1. The number of β-amino-alcohol motifs (C(OH)–C–C–N with tert-alkyl or cyclic N) is 1. The first kappa shape index (κ1) is 52.3. The number of hydrogen-bond donors (Lipinski definition) is 6. The summed E-state index contributed by atoms with van der Waals surface area (Å²) in [5.74, 6) is -2.06. The van der Waals surface area contributed by atoms with Crippen LogP contribution in [0.5, 0.6) is 0 Å². The van der Waals surface area contributed by atoms with Crippen LogP contribution in [-0.2, 0) is 64.9 Å². The molecule has 6 amide bonds. The third kappa shape index (κ3) is 11.9. The van der Waals surface area contributed by atoms with Gasteiger partial charge in [-0.15, -0.1) is 11.3 Å². The topological polar surface area (TPSA) is 239 Å². The van der Waals surface area contributed by atoms with Crippen molar-refractivity contribution in [2.45, 2.75) is 166 Å². The molecule has 0 radical (unpaired) electrons. The van der Waals surface area contributed by atoms with Gasteiger partial charge in [0.25, 0.3) is 0 Å². The molecule has 16 nitrogen and oxygen atoms in total. The number of anilines is 1. The van der Waals surface area contributed by atoms with E-state index in [4.69, 9.17) is 16.2 Å². The van der Waals surface area contributed by atoms with Gasteiger partial charge in [-0.25, -0.2) is 4.98 Å². The first-order valence-corrected chi connectivity index (χ1v) is 26.3. The van der Waals surface area contributed by atoms with E-state index in [9.17, 15) is 33.9 Å². The Bertz CT molecular complexity index is 2640. The summed E-state index contributed by atoms with van der Waals surface area (Å²) in [6, 6.07) is 18.2. The third-order valence-electron chi connectivity index (χ3n) is 14.8. The number of aromatic nitrogens is 1. The molecule has 72 heavy (non-hydrogen) atoms. The fraction of sp³-hybridized carbons (Fsp3) is 0.509. The van der Waals surface area contributed by atoms with Gasteiger partial charge in [-0.3, -0.25) is 33.7 Å². The Kier molecular flexibility index (Phi) is 16.0. The van der Waals surface area contributed by atoms with Gasteiger partial charge in [0.1, 0.15) is 18.1 Å². The number of hydrogen-bond acceptors (Lipinski definition) is 11. The number of nitrogens with two attached hydrogens (primary N) is 2. The highest BCUT2D eigenvalue weighted by molar-refractivity contribution is 7.13. The first-order valence-electron chi connectivity index (χ1n) is 25.4. The predicted octanol–water partition coefficient (Wildman–Crippen LogP) is 5.02. The predicted molar refractivity (Wildman–Crippen MR) is 275 cm³/mol. The number of nitrogens with zero attached hydrogens (tertiary/aromatic N) is 3. The molecule has 2 fully saturated rings. The molecule has 17 heteroatoms. The molecule has 0 unspecified atom stereocenters. The maximum atomic E-state index is 14.3. The summed E-state index contributed by atoms with van der Waals surface area (Å²) >= 11 is 1.59. The summed E-state index contributed by atoms with van der Waals surface area (Å²) in [6.07, 6.45) is 4.39. The van der Waals surface area contributed by atoms with E-state index in [2.05, 4.69) is 20.9 Å². The van der Waals surface area contributed by atoms with Crippen LogP contribution in [0.2, 0.25) is 0 Å². The quantitative estimate of drug-likeness (QED) is 0.0647. The second-order valence-corrected chi connectivity index (χ2v) is 22.2. The van der Waals surface area contributed by atoms with Crippen LogP contribution in [0.15, 0.2) is 72.2 Å². The molecule has 0 bridgehead atoms. The fourth-order valence-corrected chi connectivity index (χ4v) is 11.2. The number of primary amides is 1. The van der Waals surface area contributed by atoms with E-state index >= 15 is 0 Å². The van der Waals surface area contributed by atoms with Crippen molar-refractivity contribution in [3.05, 3.63) is 106 Å². The van der Waals surface area contributed by atoms with Gasteiger partial charge >= 0.3 is 0 Å². The largest absolute Gasteiger partial charge is 0.391 e. The lowest BCUT2D eigenvalue weighted by Gasteiger charge is -2.35. The van der Waals surface area contributed by atoms with Crippen LogP contribution < -0.4 is 32.3 Å². The second kappa shape index (κ2) is 22.0. The van der Waals surface area contributed by atoms with Crippen molar-refractivity contribution in [1.82, 2.24) is 25.8 Å². The zero-order valence-electron chi connectivity index (χ0n) is 42.1. The molecule has 1 saturated heterocycles. The summed E-state index contributed by atoms with van der Waals surface area (Å²) in [6.45, 7) is 9.72. The van der Waals surface area contributed by atoms with Crippen molar-refractivity contribution in [2.75, 3.05) is 11.4 Å². The summed E-state index contributed by atoms with van der Waals surface area (Å²) in [5.41, 5.74) is 20.1. The normalized spacial score (nSPS) is 21.3. The molecule has 1 aliphatic carbocycles. The van der Waals surface area contributed by atoms with Crippen LogP contribution in [0.1, 0.15) is 119 Å². The van der Waals surface area contributed by atoms with Crippen LogP contribution >= 0.6 is 11.3 Å². The number of aliphatic hydroxyl groups is 1. The molecular weight excluding hydrogens is 933 g/mol. The third-order valence-corrected chi connectivity index (χ3v) is 15.8. The molecule has 1 aromatic heterocycles. The zero-order chi connectivity index (χ0) is 51.5. The van der Waals surface area contributed by atoms with Crippen molar-refractivity contribution in [3.8, 4) is 10.4 Å². The van der Waals surface area contributed by atoms with Crippen LogP contribution in [0.4, 0.5) is 5.69 Å². The van der Waals surface area contributed by atoms with Crippen molar-refractivity contribution < 1.29 is 38.6 Å². The minimum absolute atomic E-state index is 0.00510. The molecule has 8 N–H and O–H groups in total. The molecule has 4 heterocycles. The average Bonchev–Trinajstić information content (AvgIpc) is 3.63. The number of likely N-dealkylation sites (tertiary alicyclic amines) is 1. The van der Waals surface area contributed by atoms with Crippen LogP contribution in [0, 0.1) is 12.3 Å². The highest BCUT2D eigenvalue weighted by Crippen LogP contribution is 2.46. The number of benzene rings is 3. The van der Waals surface area contributed by atoms with Crippen molar-refractivity contribution in [1.29, 1.82) is 0 Å². The first-order chi connectivity index (χ1) is 34.3. The molecule has 8 rings (SSSR count). The summed E-state index contributed by atoms with van der Waals surface area (Å²) in [4.78, 5) is 89.4. The van der Waals surface area contributed by atoms with Gasteiger partial charge < -0.3 is 42.2 Å². The van der Waals surface area contributed by atoms with Gasteiger partial charge in [0.05, 0.1) is 58.2 Å². The number of carbonyl (C=O) groups excluding carboxylic acids is 6. The number of aryl methyl sites for hydroxylation is 3. The second-order valence-electron chi connectivity index (χ2n) is 21.3. The molecule has 7 atom stereocenters. The fourth-order valence-electron chi connectivity index (χ4n) is 10.4. The standard InChI is InChI=1S/C55H70N8O8S/c1-32-48(72-31-58-32)37-17-20-39(21-18-37)55(25-26-55)61-51(68)43-28-40(64)29-62(43)53(70)49(54(3,4)5)60-46(66)12-7-6-9-34-13-15-35(16-14-34)30-71-33(2)42(23-24-45(57)65)59-50(67)44-27-38-11-8-10-36-19-22-41(56)52(69)63(44)47(36)38/h8,10-11,13-18,20-21,31,33,40-44,49,64H,6-7,9,12,19,22-30,56H2,1-5H3,(H2,57,65)(H,59,67)(H,60,66)(H,61,68)/t33-,40-,41+,42+,43+,44+,49-/m1/s1. The molecule has 3 aliphatic heterocycles. The molecule has 384 valence electrons. The van der Waals surface area contributed by atoms with Crippen molar-refractivity contribution >= 4 is 52.5 Å². The molecule has 3 aromatic carbocycles. The number of aliphatic hydroxyl groups excluding tert-OH is 1. The Morgan fingerprint density at radius 2 is 1.64 bits per heavy atom. The van der Waals surface area contributed by atoms with E-state index in [0.29, 0.717) is 25.7 Å². The Morgan fingerprint density at radius 3 is 2.31 bits per heavy atom. The highest BCUT2D eigenvalue weighted by Gasteiger charge is 2.50. The Hall–Kier alpha value is -6.01. The van der Waals surface area contributed by atoms with Gasteiger partial charge in [0.15, 0.2) is 0 Å². The number of amides is 6. The van der Waals surface area contributed by atoms with Gasteiger partial charge in [0, 0.05) is 32.2 Å². The minimum atomic E-state index is -0.909. The van der Waals surface area contributed by atoms with Gasteiger partial charge in [-0.05, 0) is 104 Å². The Morgan fingerprint density at radius 1 is 0.931 bits per heavy atom. The maximum absolute atomic E-state index is 14.3. The van der Waals surface area contributed by atoms with Crippen LogP contribution in [-0.4, -0.2) is 99.4 Å². The number of nitrogens with one attached hydrogen (secondary N) is 3. The van der Waals surface area contributed by atoms with Gasteiger partial charge in [-0.2, -0.15) is 0 Å². The average molecular weight is 1000 g/mol. The summed E-state index contributed by atoms with van der Waals surface area (Å²) in [7, 11) is 0. The van der Waals surface area contributed by atoms with E-state index in [1.54, 1.807) is 16.2 Å². The minimum Gasteiger partial charge on any atom is -0.391 e. The summed E-state index contributed by atoms with van der Waals surface area (Å²) < 4.78 is 6.26. The molecule has 0 spiro atoms. The van der Waals surface area contributed by atoms with Gasteiger partial charge in [0.2, 0.25) is 35.4 Å². The number of thiazole rings is 1. The Balaban J connectivity index is 0.797. The van der Waals surface area contributed by atoms with Crippen molar-refractivity contribution in [2.24, 2.45) is 16.9 Å². The SMILES string of the molecule is Cc1ncsc1-c1ccc(C2(NC(=O)[C@@H]3C[C@@H](O)CN3C(=O)[C@@H](NC(=O)CCCCc3ccc(CO[C@H](C)[C@H](CCC(N)=O)NC(=O)[C@@H]4Cc5cccc6c5N4C(=O)[C@@H](N)CC6)cc3)C(C)(C)C)CC2)cc1. The Labute approximate surface area is 426 Å². The van der Waals surface area contributed by atoms with E-state index in [0.717, 1.165) is 75.3 Å². The molecule has 4 aromatic rings. The highest BCUT2D eigenvalue weighted by atomic mass is 32.1. The lowest BCUT2D eigenvalue weighted by Crippen LogP contribution is -2.58. The number of rotatable bonds is 20. The van der Waals surface area contributed by atoms with E-state index < -0.39 is 59.3 Å². The van der Waals surface area contributed by atoms with Crippen LogP contribution in [0.25, 0.3) is 10.4 Å². The zero-order valence-corrected chi connectivity index (χ0v) is 42.9. The summed E-state index contributed by atoms with van der Waals surface area (Å²) in [5, 5.41) is 20.1. The maximum Gasteiger partial charge on any atom is 0.246 e. The number of unbranched alkanes of at least 4 members (excludes halogenated alkanes) is 1. The molecule has 1 saturated carbocycles. The molecular formula is C55H70N8O8S. The van der Waals surface area contributed by atoms with E-state index in [-0.39, 0.29) is 68.4 Å². The lowest BCUT2D eigenvalue weighted by atomic mass is 9.85. The van der Waals surface area contributed by atoms with E-state index in [1.807, 2.05) is 107 Å². The lowest BCUT2D eigenvalue weighted by molar-refractivity contribution is -0.144. The monoisotopic (exact) mass is 1000 g/mol.